The van der Waals surface area contributed by atoms with Gasteiger partial charge in [-0.05, 0) is 54.8 Å². The van der Waals surface area contributed by atoms with Crippen LogP contribution >= 0.6 is 15.9 Å². The van der Waals surface area contributed by atoms with E-state index in [1.165, 1.54) is 11.6 Å². The number of hydrogen-bond donors (Lipinski definition) is 1. The molecule has 0 aliphatic carbocycles. The number of ether oxygens (including phenoxy) is 2. The average molecular weight is 458 g/mol. The monoisotopic (exact) mass is 457 g/mol. The smallest absolute Gasteiger partial charge is 0.162 e. The zero-order chi connectivity index (χ0) is 20.6. The highest BCUT2D eigenvalue weighted by Gasteiger charge is 2.11. The van der Waals surface area contributed by atoms with E-state index in [2.05, 4.69) is 40.3 Å². The number of halogens is 2. The maximum absolute atomic E-state index is 13.7. The Balaban J connectivity index is 1.59. The van der Waals surface area contributed by atoms with Crippen molar-refractivity contribution in [2.24, 2.45) is 0 Å². The summed E-state index contributed by atoms with van der Waals surface area (Å²) >= 11 is 3.62. The number of benzene rings is 3. The third-order valence-corrected chi connectivity index (χ3v) is 5.39. The van der Waals surface area contributed by atoms with Crippen molar-refractivity contribution in [3.63, 3.8) is 0 Å². The molecule has 0 aliphatic rings. The first-order chi connectivity index (χ1) is 14.1. The predicted molar refractivity (Wildman–Crippen MR) is 118 cm³/mol. The van der Waals surface area contributed by atoms with Gasteiger partial charge in [-0.1, -0.05) is 64.0 Å². The van der Waals surface area contributed by atoms with Crippen LogP contribution in [0.3, 0.4) is 0 Å². The second kappa shape index (κ2) is 10.4. The molecule has 1 N–H and O–H groups in total. The first-order valence-electron chi connectivity index (χ1n) is 9.55. The van der Waals surface area contributed by atoms with Crippen molar-refractivity contribution >= 4 is 15.9 Å². The molecule has 29 heavy (non-hydrogen) atoms. The van der Waals surface area contributed by atoms with Crippen LogP contribution in [0.1, 0.15) is 22.3 Å². The van der Waals surface area contributed by atoms with Gasteiger partial charge < -0.3 is 14.8 Å². The van der Waals surface area contributed by atoms with Crippen molar-refractivity contribution in [1.29, 1.82) is 0 Å². The maximum atomic E-state index is 13.7. The molecule has 0 atom stereocenters. The van der Waals surface area contributed by atoms with Crippen LogP contribution in [-0.2, 0) is 19.6 Å². The molecule has 3 nitrogen and oxygen atoms in total. The first kappa shape index (κ1) is 21.3. The van der Waals surface area contributed by atoms with Gasteiger partial charge in [-0.2, -0.15) is 0 Å². The highest BCUT2D eigenvalue weighted by molar-refractivity contribution is 9.10. The topological polar surface area (TPSA) is 30.5 Å². The van der Waals surface area contributed by atoms with E-state index in [1.54, 1.807) is 13.2 Å². The summed E-state index contributed by atoms with van der Waals surface area (Å²) in [6.45, 7) is 3.87. The largest absolute Gasteiger partial charge is 0.493 e. The summed E-state index contributed by atoms with van der Waals surface area (Å²) in [6.07, 6.45) is 0.638. The van der Waals surface area contributed by atoms with E-state index in [-0.39, 0.29) is 5.82 Å². The van der Waals surface area contributed by atoms with Crippen LogP contribution in [0.5, 0.6) is 11.5 Å². The van der Waals surface area contributed by atoms with Gasteiger partial charge in [-0.25, -0.2) is 4.39 Å². The van der Waals surface area contributed by atoms with Gasteiger partial charge in [-0.15, -0.1) is 0 Å². The zero-order valence-electron chi connectivity index (χ0n) is 16.7. The molecule has 3 aromatic rings. The summed E-state index contributed by atoms with van der Waals surface area (Å²) in [5.41, 5.74) is 4.09. The molecule has 5 heteroatoms. The summed E-state index contributed by atoms with van der Waals surface area (Å²) in [5.74, 6) is 1.22. The lowest BCUT2D eigenvalue weighted by Crippen LogP contribution is -2.17. The first-order valence-corrected chi connectivity index (χ1v) is 10.3. The third-order valence-electron chi connectivity index (χ3n) is 4.65. The number of nitrogens with one attached hydrogen (secondary N) is 1. The summed E-state index contributed by atoms with van der Waals surface area (Å²) in [6, 6.07) is 19.0. The van der Waals surface area contributed by atoms with Crippen LogP contribution in [0.4, 0.5) is 4.39 Å². The van der Waals surface area contributed by atoms with Crippen molar-refractivity contribution in [2.45, 2.75) is 26.5 Å². The molecule has 0 bridgehead atoms. The van der Waals surface area contributed by atoms with Crippen LogP contribution in [0, 0.1) is 12.7 Å². The Labute approximate surface area is 180 Å². The molecule has 0 fully saturated rings. The highest BCUT2D eigenvalue weighted by Crippen LogP contribution is 2.34. The predicted octanol–water partition coefficient (Wildman–Crippen LogP) is 5.82. The molecule has 3 aromatic carbocycles. The number of hydrogen-bond acceptors (Lipinski definition) is 3. The van der Waals surface area contributed by atoms with Crippen LogP contribution < -0.4 is 14.8 Å². The van der Waals surface area contributed by atoms with E-state index >= 15 is 0 Å². The Morgan fingerprint density at radius 1 is 0.966 bits per heavy atom. The molecule has 3 rings (SSSR count). The molecule has 0 spiro atoms. The minimum atomic E-state index is -0.160. The Kier molecular flexibility index (Phi) is 7.67. The number of rotatable bonds is 9. The quantitative estimate of drug-likeness (QED) is 0.410. The molecule has 0 aliphatic heterocycles. The summed E-state index contributed by atoms with van der Waals surface area (Å²) in [7, 11) is 1.64. The van der Waals surface area contributed by atoms with Gasteiger partial charge in [0.15, 0.2) is 11.5 Å². The summed E-state index contributed by atoms with van der Waals surface area (Å²) < 4.78 is 26.1. The lowest BCUT2D eigenvalue weighted by atomic mass is 10.1. The van der Waals surface area contributed by atoms with E-state index in [9.17, 15) is 4.39 Å². The summed E-state index contributed by atoms with van der Waals surface area (Å²) in [5, 5.41) is 3.36. The van der Waals surface area contributed by atoms with Crippen molar-refractivity contribution < 1.29 is 13.9 Å². The van der Waals surface area contributed by atoms with Crippen molar-refractivity contribution in [3.8, 4) is 11.5 Å². The Morgan fingerprint density at radius 2 is 1.79 bits per heavy atom. The van der Waals surface area contributed by atoms with Gasteiger partial charge in [0.25, 0.3) is 0 Å². The fraction of sp³-hybridized carbons (Fsp3) is 0.250. The zero-order valence-corrected chi connectivity index (χ0v) is 18.3. The second-order valence-corrected chi connectivity index (χ2v) is 7.74. The highest BCUT2D eigenvalue weighted by atomic mass is 79.9. The Bertz CT molecular complexity index is 961. The van der Waals surface area contributed by atoms with Gasteiger partial charge in [0.2, 0.25) is 0 Å². The van der Waals surface area contributed by atoms with E-state index in [4.69, 9.17) is 9.47 Å². The van der Waals surface area contributed by atoms with E-state index < -0.39 is 0 Å². The Hall–Kier alpha value is -2.37. The lowest BCUT2D eigenvalue weighted by Gasteiger charge is -2.15. The van der Waals surface area contributed by atoms with Gasteiger partial charge in [0.1, 0.15) is 12.4 Å². The molecule has 0 unspecified atom stereocenters. The van der Waals surface area contributed by atoms with E-state index in [0.29, 0.717) is 37.6 Å². The van der Waals surface area contributed by atoms with E-state index in [0.717, 1.165) is 21.2 Å². The normalized spacial score (nSPS) is 10.8. The molecule has 152 valence electrons. The molecule has 0 amide bonds. The van der Waals surface area contributed by atoms with Crippen LogP contribution in [0.15, 0.2) is 65.1 Å². The van der Waals surface area contributed by atoms with Gasteiger partial charge in [0.05, 0.1) is 7.11 Å². The van der Waals surface area contributed by atoms with Gasteiger partial charge in [-0.3, -0.25) is 0 Å². The number of methoxy groups -OCH3 is 1. The molecule has 0 radical (unpaired) electrons. The average Bonchev–Trinajstić information content (AvgIpc) is 2.72. The van der Waals surface area contributed by atoms with E-state index in [1.807, 2.05) is 36.4 Å². The molecule has 0 heterocycles. The van der Waals surface area contributed by atoms with Crippen molar-refractivity contribution in [3.05, 3.63) is 93.2 Å². The SMILES string of the molecule is COc1cc(CNCCc2ccccc2F)c(Br)cc1OCc1cccc(C)c1. The lowest BCUT2D eigenvalue weighted by molar-refractivity contribution is 0.284. The molecule has 0 aromatic heterocycles. The van der Waals surface area contributed by atoms with Gasteiger partial charge >= 0.3 is 0 Å². The minimum absolute atomic E-state index is 0.160. The van der Waals surface area contributed by atoms with Crippen molar-refractivity contribution in [1.82, 2.24) is 5.32 Å². The maximum Gasteiger partial charge on any atom is 0.162 e. The standard InChI is InChI=1S/C24H25BrFNO2/c1-17-6-5-7-18(12-17)16-29-24-14-21(25)20(13-23(24)28-2)15-27-11-10-19-8-3-4-9-22(19)26/h3-9,12-14,27H,10-11,15-16H2,1-2H3. The third kappa shape index (κ3) is 6.05. The fourth-order valence-corrected chi connectivity index (χ4v) is 3.56. The van der Waals surface area contributed by atoms with Crippen LogP contribution in [-0.4, -0.2) is 13.7 Å². The Morgan fingerprint density at radius 3 is 2.55 bits per heavy atom. The molecular weight excluding hydrogens is 433 g/mol. The van der Waals surface area contributed by atoms with Crippen LogP contribution in [0.2, 0.25) is 0 Å². The summed E-state index contributed by atoms with van der Waals surface area (Å²) in [4.78, 5) is 0. The second-order valence-electron chi connectivity index (χ2n) is 6.89. The molecule has 0 saturated carbocycles. The van der Waals surface area contributed by atoms with Crippen LogP contribution in [0.25, 0.3) is 0 Å². The minimum Gasteiger partial charge on any atom is -0.493 e. The molecular formula is C24H25BrFNO2. The fourth-order valence-electron chi connectivity index (χ4n) is 3.10. The number of aryl methyl sites for hydroxylation is 1. The van der Waals surface area contributed by atoms with Gasteiger partial charge in [0, 0.05) is 11.0 Å². The molecule has 0 saturated heterocycles. The van der Waals surface area contributed by atoms with Crippen molar-refractivity contribution in [2.75, 3.05) is 13.7 Å².